The van der Waals surface area contributed by atoms with E-state index in [2.05, 4.69) is 18.8 Å². The number of benzene rings is 1. The highest BCUT2D eigenvalue weighted by molar-refractivity contribution is 6.36. The molecule has 16 heavy (non-hydrogen) atoms. The Morgan fingerprint density at radius 3 is 2.62 bits per heavy atom. The molecule has 3 nitrogen and oxygen atoms in total. The number of hydrogen-bond acceptors (Lipinski definition) is 2. The molecule has 0 saturated heterocycles. The van der Waals surface area contributed by atoms with Gasteiger partial charge >= 0.3 is 0 Å². The average Bonchev–Trinajstić information content (AvgIpc) is 2.52. The van der Waals surface area contributed by atoms with Crippen molar-refractivity contribution in [1.29, 1.82) is 0 Å². The Morgan fingerprint density at radius 1 is 1.44 bits per heavy atom. The molecule has 1 aromatic heterocycles. The zero-order chi connectivity index (χ0) is 12.0. The normalized spacial score (nSPS) is 11.6. The van der Waals surface area contributed by atoms with Crippen molar-refractivity contribution in [3.05, 3.63) is 22.5 Å². The van der Waals surface area contributed by atoms with Crippen molar-refractivity contribution in [3.63, 3.8) is 0 Å². The van der Waals surface area contributed by atoms with Gasteiger partial charge in [0.15, 0.2) is 0 Å². The van der Waals surface area contributed by atoms with Crippen LogP contribution in [0.2, 0.25) is 5.02 Å². The minimum absolute atomic E-state index is 0.200. The number of hydrogen-bond donors (Lipinski definition) is 1. The molecule has 0 bridgehead atoms. The van der Waals surface area contributed by atoms with E-state index in [1.165, 1.54) is 0 Å². The van der Waals surface area contributed by atoms with E-state index in [0.29, 0.717) is 16.5 Å². The molecule has 1 aromatic carbocycles. The van der Waals surface area contributed by atoms with Crippen LogP contribution in [-0.4, -0.2) is 14.7 Å². The summed E-state index contributed by atoms with van der Waals surface area (Å²) < 4.78 is 1.99. The second-order valence-corrected chi connectivity index (χ2v) is 4.76. The Kier molecular flexibility index (Phi) is 2.58. The summed E-state index contributed by atoms with van der Waals surface area (Å²) in [6.45, 7) is 5.98. The van der Waals surface area contributed by atoms with E-state index in [1.807, 2.05) is 11.6 Å². The zero-order valence-electron chi connectivity index (χ0n) is 9.87. The van der Waals surface area contributed by atoms with Gasteiger partial charge in [0, 0.05) is 24.6 Å². The minimum Gasteiger partial charge on any atom is -0.508 e. The van der Waals surface area contributed by atoms with Gasteiger partial charge < -0.3 is 9.67 Å². The van der Waals surface area contributed by atoms with Gasteiger partial charge in [0.2, 0.25) is 0 Å². The number of aromatic nitrogens is 2. The smallest absolute Gasteiger partial charge is 0.122 e. The number of fused-ring (bicyclic) bond motifs is 1. The van der Waals surface area contributed by atoms with E-state index < -0.39 is 0 Å². The van der Waals surface area contributed by atoms with E-state index in [0.717, 1.165) is 16.9 Å². The number of halogens is 1. The van der Waals surface area contributed by atoms with Gasteiger partial charge in [0.1, 0.15) is 11.6 Å². The van der Waals surface area contributed by atoms with E-state index in [1.54, 1.807) is 13.0 Å². The standard InChI is InChI=1S/C12H15ClN2O/c1-6(2)12-14-8-5-9(16)7(3)10(13)11(8)15(12)4/h5-6,16H,1-4H3. The Labute approximate surface area is 99.7 Å². The highest BCUT2D eigenvalue weighted by Gasteiger charge is 2.16. The van der Waals surface area contributed by atoms with E-state index in [-0.39, 0.29) is 5.75 Å². The van der Waals surface area contributed by atoms with Crippen molar-refractivity contribution in [3.8, 4) is 5.75 Å². The van der Waals surface area contributed by atoms with Gasteiger partial charge in [0.05, 0.1) is 16.1 Å². The maximum atomic E-state index is 9.70. The van der Waals surface area contributed by atoms with Crippen LogP contribution in [0, 0.1) is 6.92 Å². The maximum absolute atomic E-state index is 9.70. The molecule has 1 heterocycles. The lowest BCUT2D eigenvalue weighted by Gasteiger charge is -2.07. The van der Waals surface area contributed by atoms with Gasteiger partial charge in [-0.05, 0) is 6.92 Å². The second kappa shape index (κ2) is 3.67. The van der Waals surface area contributed by atoms with Crippen LogP contribution < -0.4 is 0 Å². The Bertz CT molecular complexity index is 558. The molecular weight excluding hydrogens is 224 g/mol. The molecule has 86 valence electrons. The molecule has 1 N–H and O–H groups in total. The molecular formula is C12H15ClN2O. The Balaban J connectivity index is 2.88. The first kappa shape index (κ1) is 11.3. The van der Waals surface area contributed by atoms with E-state index >= 15 is 0 Å². The van der Waals surface area contributed by atoms with Crippen molar-refractivity contribution in [2.75, 3.05) is 0 Å². The lowest BCUT2D eigenvalue weighted by molar-refractivity contribution is 0.472. The van der Waals surface area contributed by atoms with Gasteiger partial charge in [-0.15, -0.1) is 0 Å². The third-order valence-corrected chi connectivity index (χ3v) is 3.33. The fourth-order valence-electron chi connectivity index (χ4n) is 1.94. The number of rotatable bonds is 1. The predicted octanol–water partition coefficient (Wildman–Crippen LogP) is 3.36. The lowest BCUT2D eigenvalue weighted by atomic mass is 10.2. The quantitative estimate of drug-likeness (QED) is 0.827. The summed E-state index contributed by atoms with van der Waals surface area (Å²) in [5, 5.41) is 10.3. The van der Waals surface area contributed by atoms with Gasteiger partial charge in [-0.1, -0.05) is 25.4 Å². The van der Waals surface area contributed by atoms with E-state index in [9.17, 15) is 5.11 Å². The van der Waals surface area contributed by atoms with Crippen molar-refractivity contribution in [2.45, 2.75) is 26.7 Å². The monoisotopic (exact) mass is 238 g/mol. The molecule has 0 atom stereocenters. The minimum atomic E-state index is 0.200. The first-order chi connectivity index (χ1) is 7.43. The molecule has 4 heteroatoms. The third kappa shape index (κ3) is 1.47. The summed E-state index contributed by atoms with van der Waals surface area (Å²) in [5.74, 6) is 1.50. The van der Waals surface area contributed by atoms with Crippen molar-refractivity contribution in [2.24, 2.45) is 7.05 Å². The predicted molar refractivity (Wildman–Crippen MR) is 66.2 cm³/mol. The molecule has 0 unspecified atom stereocenters. The number of nitrogens with zero attached hydrogens (tertiary/aromatic N) is 2. The first-order valence-electron chi connectivity index (χ1n) is 5.27. The van der Waals surface area contributed by atoms with Crippen LogP contribution in [0.4, 0.5) is 0 Å². The molecule has 0 radical (unpaired) electrons. The molecule has 2 aromatic rings. The zero-order valence-corrected chi connectivity index (χ0v) is 10.6. The van der Waals surface area contributed by atoms with Gasteiger partial charge in [-0.25, -0.2) is 4.98 Å². The molecule has 2 rings (SSSR count). The number of phenolic OH excluding ortho intramolecular Hbond substituents is 1. The van der Waals surface area contributed by atoms with Crippen molar-refractivity contribution < 1.29 is 5.11 Å². The summed E-state index contributed by atoms with van der Waals surface area (Å²) in [5.41, 5.74) is 2.34. The molecule has 0 saturated carbocycles. The second-order valence-electron chi connectivity index (χ2n) is 4.39. The molecule has 0 fully saturated rings. The number of phenols is 1. The van der Waals surface area contributed by atoms with E-state index in [4.69, 9.17) is 11.6 Å². The van der Waals surface area contributed by atoms with Crippen LogP contribution in [0.3, 0.4) is 0 Å². The number of aromatic hydroxyl groups is 1. The molecule has 0 aliphatic rings. The van der Waals surface area contributed by atoms with Crippen LogP contribution >= 0.6 is 11.6 Å². The van der Waals surface area contributed by atoms with Crippen LogP contribution in [0.5, 0.6) is 5.75 Å². The van der Waals surface area contributed by atoms with Crippen LogP contribution in [-0.2, 0) is 7.05 Å². The van der Waals surface area contributed by atoms with Crippen LogP contribution in [0.1, 0.15) is 31.2 Å². The Hall–Kier alpha value is -1.22. The fourth-order valence-corrected chi connectivity index (χ4v) is 2.26. The summed E-state index contributed by atoms with van der Waals surface area (Å²) in [6, 6.07) is 1.67. The topological polar surface area (TPSA) is 38.1 Å². The fraction of sp³-hybridized carbons (Fsp3) is 0.417. The molecule has 0 aliphatic carbocycles. The van der Waals surface area contributed by atoms with Gasteiger partial charge in [0.25, 0.3) is 0 Å². The lowest BCUT2D eigenvalue weighted by Crippen LogP contribution is -1.99. The van der Waals surface area contributed by atoms with Crippen LogP contribution in [0.25, 0.3) is 11.0 Å². The highest BCUT2D eigenvalue weighted by Crippen LogP contribution is 2.34. The number of imidazole rings is 1. The van der Waals surface area contributed by atoms with Gasteiger partial charge in [-0.2, -0.15) is 0 Å². The molecule has 0 aliphatic heterocycles. The van der Waals surface area contributed by atoms with Gasteiger partial charge in [-0.3, -0.25) is 0 Å². The molecule has 0 amide bonds. The SMILES string of the molecule is Cc1c(O)cc2nc(C(C)C)n(C)c2c1Cl. The summed E-state index contributed by atoms with van der Waals surface area (Å²) in [4.78, 5) is 4.49. The highest BCUT2D eigenvalue weighted by atomic mass is 35.5. The average molecular weight is 239 g/mol. The largest absolute Gasteiger partial charge is 0.508 e. The summed E-state index contributed by atoms with van der Waals surface area (Å²) in [6.07, 6.45) is 0. The Morgan fingerprint density at radius 2 is 2.06 bits per heavy atom. The van der Waals surface area contributed by atoms with Crippen molar-refractivity contribution >= 4 is 22.6 Å². The first-order valence-corrected chi connectivity index (χ1v) is 5.65. The third-order valence-electron chi connectivity index (χ3n) is 2.87. The molecule has 0 spiro atoms. The number of aryl methyl sites for hydroxylation is 1. The summed E-state index contributed by atoms with van der Waals surface area (Å²) >= 11 is 6.23. The maximum Gasteiger partial charge on any atom is 0.122 e. The van der Waals surface area contributed by atoms with Crippen LogP contribution in [0.15, 0.2) is 6.07 Å². The summed E-state index contributed by atoms with van der Waals surface area (Å²) in [7, 11) is 1.95. The van der Waals surface area contributed by atoms with Crippen molar-refractivity contribution in [1.82, 2.24) is 9.55 Å².